The Morgan fingerprint density at radius 2 is 2.10 bits per heavy atom. The van der Waals surface area contributed by atoms with Gasteiger partial charge in [-0.15, -0.1) is 0 Å². The molecule has 4 heterocycles. The Morgan fingerprint density at radius 1 is 1.14 bits per heavy atom. The lowest BCUT2D eigenvalue weighted by atomic mass is 9.87. The Balaban J connectivity index is 1.45. The van der Waals surface area contributed by atoms with Gasteiger partial charge in [-0.05, 0) is 24.6 Å². The summed E-state index contributed by atoms with van der Waals surface area (Å²) in [6, 6.07) is 0.405. The predicted octanol–water partition coefficient (Wildman–Crippen LogP) is 0.346. The SMILES string of the molecule is O=C1C=CC2CC1=NC1NC3CC4NC(N3)C1C4CN=CC=CN=CC=CCO2. The van der Waals surface area contributed by atoms with Gasteiger partial charge in [0.1, 0.15) is 6.17 Å². The van der Waals surface area contributed by atoms with Crippen LogP contribution < -0.4 is 16.0 Å². The Morgan fingerprint density at radius 3 is 3.07 bits per heavy atom. The molecular weight excluding hydrogens is 368 g/mol. The monoisotopic (exact) mass is 394 g/mol. The third-order valence-corrected chi connectivity index (χ3v) is 6.23. The number of allylic oxidation sites excluding steroid dienone is 3. The van der Waals surface area contributed by atoms with E-state index in [1.54, 1.807) is 18.5 Å². The van der Waals surface area contributed by atoms with Crippen LogP contribution in [0, 0.1) is 11.8 Å². The molecule has 5 rings (SSSR count). The highest BCUT2D eigenvalue weighted by Crippen LogP contribution is 2.39. The highest BCUT2D eigenvalue weighted by Gasteiger charge is 2.54. The average molecular weight is 394 g/mol. The molecule has 3 fully saturated rings. The molecule has 3 N–H and O–H groups in total. The van der Waals surface area contributed by atoms with Gasteiger partial charge in [0, 0.05) is 49.5 Å². The fourth-order valence-corrected chi connectivity index (χ4v) is 4.92. The molecule has 3 saturated heterocycles. The van der Waals surface area contributed by atoms with E-state index in [4.69, 9.17) is 9.73 Å². The molecule has 8 nitrogen and oxygen atoms in total. The summed E-state index contributed by atoms with van der Waals surface area (Å²) in [5.74, 6) is 0.584. The number of carbonyl (C=O) groups excluding carboxylic acids is 1. The van der Waals surface area contributed by atoms with Gasteiger partial charge >= 0.3 is 0 Å². The molecule has 152 valence electrons. The van der Waals surface area contributed by atoms with E-state index in [0.29, 0.717) is 30.7 Å². The number of hydrogen-bond donors (Lipinski definition) is 3. The van der Waals surface area contributed by atoms with Gasteiger partial charge in [0.15, 0.2) is 5.78 Å². The molecule has 5 aliphatic rings. The summed E-state index contributed by atoms with van der Waals surface area (Å²) in [6.07, 6.45) is 15.9. The van der Waals surface area contributed by atoms with Crippen molar-refractivity contribution in [1.82, 2.24) is 16.0 Å². The zero-order valence-electron chi connectivity index (χ0n) is 16.1. The van der Waals surface area contributed by atoms with Crippen LogP contribution in [-0.2, 0) is 9.53 Å². The third kappa shape index (κ3) is 3.93. The number of ether oxygens (including phenoxy) is 1. The number of carbonyl (C=O) groups is 1. The van der Waals surface area contributed by atoms with Crippen LogP contribution in [0.1, 0.15) is 12.8 Å². The van der Waals surface area contributed by atoms with Crippen molar-refractivity contribution >= 4 is 23.9 Å². The smallest absolute Gasteiger partial charge is 0.199 e. The second-order valence-electron chi connectivity index (χ2n) is 8.02. The van der Waals surface area contributed by atoms with Gasteiger partial charge in [-0.25, -0.2) is 0 Å². The van der Waals surface area contributed by atoms with E-state index in [1.165, 1.54) is 0 Å². The molecular formula is C21H26N6O2. The third-order valence-electron chi connectivity index (χ3n) is 6.23. The van der Waals surface area contributed by atoms with Gasteiger partial charge in [0.2, 0.25) is 0 Å². The lowest BCUT2D eigenvalue weighted by Crippen LogP contribution is -2.67. The predicted molar refractivity (Wildman–Crippen MR) is 112 cm³/mol. The van der Waals surface area contributed by atoms with Crippen molar-refractivity contribution in [3.8, 4) is 0 Å². The standard InChI is InChI=1S/C21H26N6O2/c28-17-5-4-13-10-16(17)25-21-19-14(15-11-18(27-21)26-20(19)24-15)12-23-8-3-7-22-6-1-2-9-29-13/h1-8,13-15,18-21,24,26-27H,9-12H2. The molecule has 0 aromatic rings. The molecule has 0 radical (unpaired) electrons. The number of aliphatic imine (C=N–C) groups is 3. The van der Waals surface area contributed by atoms with Crippen molar-refractivity contribution in [3.63, 3.8) is 0 Å². The largest absolute Gasteiger partial charge is 0.370 e. The fourth-order valence-electron chi connectivity index (χ4n) is 4.92. The van der Waals surface area contributed by atoms with Crippen LogP contribution in [0.5, 0.6) is 0 Å². The van der Waals surface area contributed by atoms with E-state index in [-0.39, 0.29) is 36.3 Å². The fraction of sp³-hybridized carbons (Fsp3) is 0.524. The van der Waals surface area contributed by atoms with Crippen LogP contribution in [-0.4, -0.2) is 67.7 Å². The molecule has 0 aromatic heterocycles. The summed E-state index contributed by atoms with van der Waals surface area (Å²) in [4.78, 5) is 26.2. The van der Waals surface area contributed by atoms with E-state index < -0.39 is 0 Å². The van der Waals surface area contributed by atoms with E-state index in [1.807, 2.05) is 30.5 Å². The zero-order valence-corrected chi connectivity index (χ0v) is 16.1. The first-order chi connectivity index (χ1) is 14.3. The highest BCUT2D eigenvalue weighted by atomic mass is 16.5. The van der Waals surface area contributed by atoms with Crippen molar-refractivity contribution < 1.29 is 9.53 Å². The molecule has 1 aliphatic carbocycles. The molecule has 29 heavy (non-hydrogen) atoms. The van der Waals surface area contributed by atoms with Crippen LogP contribution >= 0.6 is 0 Å². The molecule has 0 spiro atoms. The molecule has 8 heteroatoms. The Bertz CT molecular complexity index is 829. The maximum absolute atomic E-state index is 12.5. The van der Waals surface area contributed by atoms with Crippen molar-refractivity contribution in [3.05, 3.63) is 36.6 Å². The quantitative estimate of drug-likeness (QED) is 0.550. The minimum Gasteiger partial charge on any atom is -0.370 e. The topological polar surface area (TPSA) is 99.5 Å². The van der Waals surface area contributed by atoms with Crippen LogP contribution in [0.25, 0.3) is 0 Å². The number of hydrogen-bond acceptors (Lipinski definition) is 8. The zero-order chi connectivity index (χ0) is 19.6. The average Bonchev–Trinajstić information content (AvgIpc) is 2.90. The van der Waals surface area contributed by atoms with Crippen molar-refractivity contribution in [2.24, 2.45) is 26.8 Å². The van der Waals surface area contributed by atoms with Crippen LogP contribution in [0.3, 0.4) is 0 Å². The van der Waals surface area contributed by atoms with Crippen LogP contribution in [0.4, 0.5) is 0 Å². The lowest BCUT2D eigenvalue weighted by Gasteiger charge is -2.41. The van der Waals surface area contributed by atoms with E-state index >= 15 is 0 Å². The normalized spacial score (nSPS) is 41.3. The van der Waals surface area contributed by atoms with Gasteiger partial charge in [-0.1, -0.05) is 12.2 Å². The van der Waals surface area contributed by atoms with Crippen molar-refractivity contribution in [2.75, 3.05) is 13.2 Å². The highest BCUT2D eigenvalue weighted by molar-refractivity contribution is 6.44. The second kappa shape index (κ2) is 8.23. The van der Waals surface area contributed by atoms with E-state index in [9.17, 15) is 4.79 Å². The minimum atomic E-state index is -0.139. The Kier molecular flexibility index (Phi) is 5.32. The first kappa shape index (κ1) is 18.7. The van der Waals surface area contributed by atoms with E-state index in [0.717, 1.165) is 13.0 Å². The van der Waals surface area contributed by atoms with Gasteiger partial charge in [0.25, 0.3) is 0 Å². The molecule has 0 saturated carbocycles. The number of ketones is 1. The second-order valence-corrected chi connectivity index (χ2v) is 8.02. The van der Waals surface area contributed by atoms with E-state index in [2.05, 4.69) is 25.9 Å². The first-order valence-electron chi connectivity index (χ1n) is 10.3. The van der Waals surface area contributed by atoms with Gasteiger partial charge in [-0.3, -0.25) is 35.7 Å². The number of fused-ring (bicyclic) bond motifs is 5. The summed E-state index contributed by atoms with van der Waals surface area (Å²) in [5, 5.41) is 10.9. The number of nitrogens with one attached hydrogen (secondary N) is 3. The van der Waals surface area contributed by atoms with Crippen LogP contribution in [0.15, 0.2) is 51.6 Å². The summed E-state index contributed by atoms with van der Waals surface area (Å²) in [6.45, 7) is 1.18. The molecule has 4 aliphatic heterocycles. The molecule has 5 bridgehead atoms. The molecule has 7 atom stereocenters. The first-order valence-corrected chi connectivity index (χ1v) is 10.3. The summed E-state index contributed by atoms with van der Waals surface area (Å²) in [5.41, 5.74) is 0.594. The van der Waals surface area contributed by atoms with Crippen molar-refractivity contribution in [1.29, 1.82) is 0 Å². The number of rotatable bonds is 0. The summed E-state index contributed by atoms with van der Waals surface area (Å²) >= 11 is 0. The van der Waals surface area contributed by atoms with Gasteiger partial charge in [0.05, 0.1) is 30.8 Å². The molecule has 0 aromatic carbocycles. The summed E-state index contributed by atoms with van der Waals surface area (Å²) in [7, 11) is 0. The molecule has 7 unspecified atom stereocenters. The maximum Gasteiger partial charge on any atom is 0.199 e. The Labute approximate surface area is 170 Å². The minimum absolute atomic E-state index is 0.0168. The van der Waals surface area contributed by atoms with Gasteiger partial charge < -0.3 is 4.74 Å². The van der Waals surface area contributed by atoms with Crippen LogP contribution in [0.2, 0.25) is 0 Å². The lowest BCUT2D eigenvalue weighted by molar-refractivity contribution is -0.109. The van der Waals surface area contributed by atoms with Crippen molar-refractivity contribution in [2.45, 2.75) is 43.5 Å². The Hall–Kier alpha value is -2.26. The maximum atomic E-state index is 12.5. The van der Waals surface area contributed by atoms with Gasteiger partial charge in [-0.2, -0.15) is 0 Å². The summed E-state index contributed by atoms with van der Waals surface area (Å²) < 4.78 is 5.87. The molecule has 0 amide bonds. The number of nitrogens with zero attached hydrogens (tertiary/aromatic N) is 3.